The smallest absolute Gasteiger partial charge is 0.336 e. The molecule has 0 unspecified atom stereocenters. The van der Waals surface area contributed by atoms with Gasteiger partial charge in [0.15, 0.2) is 5.78 Å². The van der Waals surface area contributed by atoms with Crippen LogP contribution in [-0.4, -0.2) is 18.4 Å². The van der Waals surface area contributed by atoms with Crippen LogP contribution in [0.15, 0.2) is 58.9 Å². The molecule has 2 aromatic rings. The summed E-state index contributed by atoms with van der Waals surface area (Å²) < 4.78 is 24.6. The molecule has 0 fully saturated rings. The number of Topliss-reactive ketones (excluding diaryl/α,β-unsaturated/α-hetero) is 1. The SMILES string of the molecule is CCOC(=O)C1=C(C)NC2=C(C(=O)CCC2)[C@H]1c1cc(COc2ccc(F)cc2)c(C)cc1C. The minimum atomic E-state index is -0.492. The molecule has 5 nitrogen and oxygen atoms in total. The highest BCUT2D eigenvalue weighted by Gasteiger charge is 2.39. The van der Waals surface area contributed by atoms with Crippen molar-refractivity contribution in [3.05, 3.63) is 87.0 Å². The van der Waals surface area contributed by atoms with E-state index >= 15 is 0 Å². The van der Waals surface area contributed by atoms with E-state index in [1.54, 1.807) is 19.1 Å². The van der Waals surface area contributed by atoms with E-state index in [-0.39, 0.29) is 24.8 Å². The minimum Gasteiger partial charge on any atom is -0.489 e. The molecule has 1 aliphatic carbocycles. The maximum Gasteiger partial charge on any atom is 0.336 e. The van der Waals surface area contributed by atoms with Crippen LogP contribution in [0.4, 0.5) is 4.39 Å². The normalized spacial score (nSPS) is 17.9. The van der Waals surface area contributed by atoms with Crippen LogP contribution in [0.3, 0.4) is 0 Å². The molecular formula is C28H30FNO4. The summed E-state index contributed by atoms with van der Waals surface area (Å²) in [4.78, 5) is 26.2. The molecule has 4 rings (SSSR count). The maximum absolute atomic E-state index is 13.2. The summed E-state index contributed by atoms with van der Waals surface area (Å²) in [7, 11) is 0. The molecule has 0 saturated heterocycles. The molecule has 0 saturated carbocycles. The van der Waals surface area contributed by atoms with Crippen molar-refractivity contribution in [1.29, 1.82) is 0 Å². The van der Waals surface area contributed by atoms with E-state index < -0.39 is 11.9 Å². The van der Waals surface area contributed by atoms with Crippen molar-refractivity contribution in [3.63, 3.8) is 0 Å². The van der Waals surface area contributed by atoms with E-state index in [2.05, 4.69) is 11.4 Å². The largest absolute Gasteiger partial charge is 0.489 e. The highest BCUT2D eigenvalue weighted by atomic mass is 19.1. The van der Waals surface area contributed by atoms with Crippen molar-refractivity contribution in [1.82, 2.24) is 5.32 Å². The van der Waals surface area contributed by atoms with Crippen LogP contribution in [0, 0.1) is 19.7 Å². The van der Waals surface area contributed by atoms with Crippen LogP contribution < -0.4 is 10.1 Å². The summed E-state index contributed by atoms with van der Waals surface area (Å²) in [5.41, 5.74) is 6.64. The standard InChI is InChI=1S/C28H30FNO4/c1-5-33-28(32)25-18(4)30-23-7-6-8-24(31)27(23)26(25)22-14-19(16(2)13-17(22)3)15-34-21-11-9-20(29)10-12-21/h9-14,26,30H,5-8,15H2,1-4H3/t26-/m0/s1. The third-order valence-electron chi connectivity index (χ3n) is 6.51. The topological polar surface area (TPSA) is 64.6 Å². The molecule has 0 aromatic heterocycles. The number of halogens is 1. The van der Waals surface area contributed by atoms with Crippen molar-refractivity contribution >= 4 is 11.8 Å². The van der Waals surface area contributed by atoms with Crippen molar-refractivity contribution in [3.8, 4) is 5.75 Å². The molecule has 0 spiro atoms. The number of hydrogen-bond donors (Lipinski definition) is 1. The van der Waals surface area contributed by atoms with Gasteiger partial charge in [-0.3, -0.25) is 4.79 Å². The van der Waals surface area contributed by atoms with Crippen molar-refractivity contribution < 1.29 is 23.5 Å². The Hall–Kier alpha value is -3.41. The Morgan fingerprint density at radius 3 is 2.53 bits per heavy atom. The summed E-state index contributed by atoms with van der Waals surface area (Å²) in [5, 5.41) is 3.32. The van der Waals surface area contributed by atoms with Gasteiger partial charge < -0.3 is 14.8 Å². The van der Waals surface area contributed by atoms with Gasteiger partial charge in [0.25, 0.3) is 0 Å². The van der Waals surface area contributed by atoms with Gasteiger partial charge in [0.1, 0.15) is 18.2 Å². The lowest BCUT2D eigenvalue weighted by atomic mass is 9.73. The third kappa shape index (κ3) is 4.63. The van der Waals surface area contributed by atoms with Gasteiger partial charge in [-0.2, -0.15) is 0 Å². The second-order valence-electron chi connectivity index (χ2n) is 8.86. The lowest BCUT2D eigenvalue weighted by molar-refractivity contribution is -0.138. The number of carbonyl (C=O) groups excluding carboxylic acids is 2. The summed E-state index contributed by atoms with van der Waals surface area (Å²) in [6, 6.07) is 10.00. The van der Waals surface area contributed by atoms with Crippen LogP contribution >= 0.6 is 0 Å². The fraction of sp³-hybridized carbons (Fsp3) is 0.357. The van der Waals surface area contributed by atoms with Gasteiger partial charge >= 0.3 is 5.97 Å². The molecule has 2 aliphatic rings. The van der Waals surface area contributed by atoms with E-state index in [1.807, 2.05) is 26.8 Å². The molecule has 0 bridgehead atoms. The summed E-state index contributed by atoms with van der Waals surface area (Å²) in [5.74, 6) is -0.584. The Bertz CT molecular complexity index is 1190. The van der Waals surface area contributed by atoms with E-state index in [0.29, 0.717) is 23.3 Å². The quantitative estimate of drug-likeness (QED) is 0.569. The molecule has 0 radical (unpaired) electrons. The summed E-state index contributed by atoms with van der Waals surface area (Å²) in [6.07, 6.45) is 2.04. The zero-order valence-corrected chi connectivity index (χ0v) is 20.1. The van der Waals surface area contributed by atoms with E-state index in [4.69, 9.17) is 9.47 Å². The molecule has 178 valence electrons. The number of ether oxygens (including phenoxy) is 2. The fourth-order valence-corrected chi connectivity index (χ4v) is 4.85. The predicted octanol–water partition coefficient (Wildman–Crippen LogP) is 5.55. The third-order valence-corrected chi connectivity index (χ3v) is 6.51. The lowest BCUT2D eigenvalue weighted by Crippen LogP contribution is -2.34. The number of esters is 1. The van der Waals surface area contributed by atoms with Gasteiger partial charge in [-0.05, 0) is 87.1 Å². The van der Waals surface area contributed by atoms with Crippen LogP contribution in [0.5, 0.6) is 5.75 Å². The van der Waals surface area contributed by atoms with Crippen LogP contribution in [0.2, 0.25) is 0 Å². The van der Waals surface area contributed by atoms with Crippen molar-refractivity contribution in [2.24, 2.45) is 0 Å². The average Bonchev–Trinajstić information content (AvgIpc) is 2.79. The first kappa shape index (κ1) is 23.7. The number of rotatable bonds is 6. The Balaban J connectivity index is 1.78. The monoisotopic (exact) mass is 463 g/mol. The second-order valence-corrected chi connectivity index (χ2v) is 8.86. The van der Waals surface area contributed by atoms with E-state index in [0.717, 1.165) is 46.5 Å². The number of hydrogen-bond acceptors (Lipinski definition) is 5. The van der Waals surface area contributed by atoms with Gasteiger partial charge in [-0.1, -0.05) is 12.1 Å². The van der Waals surface area contributed by atoms with E-state index in [1.165, 1.54) is 12.1 Å². The molecule has 2 aromatic carbocycles. The highest BCUT2D eigenvalue weighted by Crippen LogP contribution is 2.44. The molecule has 6 heteroatoms. The van der Waals surface area contributed by atoms with E-state index in [9.17, 15) is 14.0 Å². The number of allylic oxidation sites excluding steroid dienone is 3. The van der Waals surface area contributed by atoms with Crippen LogP contribution in [-0.2, 0) is 20.9 Å². The molecular weight excluding hydrogens is 433 g/mol. The Kier molecular flexibility index (Phi) is 6.87. The molecule has 1 aliphatic heterocycles. The minimum absolute atomic E-state index is 0.0668. The first-order valence-electron chi connectivity index (χ1n) is 11.7. The van der Waals surface area contributed by atoms with Crippen LogP contribution in [0.25, 0.3) is 0 Å². The zero-order chi connectivity index (χ0) is 24.4. The lowest BCUT2D eigenvalue weighted by Gasteiger charge is -2.35. The number of aryl methyl sites for hydroxylation is 2. The number of nitrogens with one attached hydrogen (secondary N) is 1. The van der Waals surface area contributed by atoms with Crippen LogP contribution in [0.1, 0.15) is 61.3 Å². The first-order chi connectivity index (χ1) is 16.3. The van der Waals surface area contributed by atoms with Gasteiger partial charge in [0, 0.05) is 29.3 Å². The summed E-state index contributed by atoms with van der Waals surface area (Å²) >= 11 is 0. The fourth-order valence-electron chi connectivity index (χ4n) is 4.85. The van der Waals surface area contributed by atoms with Gasteiger partial charge in [0.2, 0.25) is 0 Å². The number of carbonyl (C=O) groups is 2. The average molecular weight is 464 g/mol. The van der Waals surface area contributed by atoms with Crippen molar-refractivity contribution in [2.75, 3.05) is 6.61 Å². The second kappa shape index (κ2) is 9.84. The zero-order valence-electron chi connectivity index (χ0n) is 20.1. The van der Waals surface area contributed by atoms with Crippen molar-refractivity contribution in [2.45, 2.75) is 59.5 Å². The Labute approximate surface area is 199 Å². The summed E-state index contributed by atoms with van der Waals surface area (Å²) in [6.45, 7) is 8.19. The van der Waals surface area contributed by atoms with Gasteiger partial charge in [0.05, 0.1) is 12.2 Å². The predicted molar refractivity (Wildman–Crippen MR) is 128 cm³/mol. The molecule has 0 amide bonds. The van der Waals surface area contributed by atoms with Gasteiger partial charge in [-0.25, -0.2) is 9.18 Å². The Morgan fingerprint density at radius 1 is 1.09 bits per heavy atom. The number of ketones is 1. The van der Waals surface area contributed by atoms with Gasteiger partial charge in [-0.15, -0.1) is 0 Å². The first-order valence-corrected chi connectivity index (χ1v) is 11.7. The molecule has 1 N–H and O–H groups in total. The molecule has 34 heavy (non-hydrogen) atoms. The Morgan fingerprint density at radius 2 is 1.82 bits per heavy atom. The number of benzene rings is 2. The molecule has 1 heterocycles. The number of dihydropyridines is 1. The molecule has 1 atom stereocenters. The highest BCUT2D eigenvalue weighted by molar-refractivity contribution is 6.03. The maximum atomic E-state index is 13.2.